The third-order valence-electron chi connectivity index (χ3n) is 7.33. The minimum absolute atomic E-state index is 0.110. The quantitative estimate of drug-likeness (QED) is 0.242. The number of carbonyl (C=O) groups is 1. The second-order valence-corrected chi connectivity index (χ2v) is 12.4. The molecule has 206 valence electrons. The van der Waals surface area contributed by atoms with E-state index in [2.05, 4.69) is 71.3 Å². The van der Waals surface area contributed by atoms with Gasteiger partial charge in [-0.3, -0.25) is 14.2 Å². The van der Waals surface area contributed by atoms with Gasteiger partial charge < -0.3 is 9.47 Å². The van der Waals surface area contributed by atoms with Crippen molar-refractivity contribution < 1.29 is 4.79 Å². The van der Waals surface area contributed by atoms with Gasteiger partial charge in [-0.1, -0.05) is 35.1 Å². The highest BCUT2D eigenvalue weighted by Gasteiger charge is 2.34. The smallest absolute Gasteiger partial charge is 0.271 e. The summed E-state index contributed by atoms with van der Waals surface area (Å²) in [6.45, 7) is 11.0. The molecule has 0 spiro atoms. The summed E-state index contributed by atoms with van der Waals surface area (Å²) in [5.41, 5.74) is 5.98. The number of amides is 1. The Labute approximate surface area is 256 Å². The molecule has 0 fully saturated rings. The van der Waals surface area contributed by atoms with Crippen molar-refractivity contribution in [1.29, 1.82) is 0 Å². The molecule has 6 nitrogen and oxygen atoms in total. The van der Waals surface area contributed by atoms with Crippen LogP contribution in [0.3, 0.4) is 0 Å². The molecule has 40 heavy (non-hydrogen) atoms. The Morgan fingerprint density at radius 2 is 1.73 bits per heavy atom. The molecule has 1 atom stereocenters. The van der Waals surface area contributed by atoms with Crippen molar-refractivity contribution in [3.8, 4) is 5.69 Å². The van der Waals surface area contributed by atoms with Gasteiger partial charge in [0.1, 0.15) is 0 Å². The first-order valence-electron chi connectivity index (χ1n) is 13.2. The van der Waals surface area contributed by atoms with Crippen LogP contribution >= 0.6 is 45.5 Å². The molecular formula is C31H30ClIN4O2S. The van der Waals surface area contributed by atoms with E-state index in [9.17, 15) is 9.59 Å². The topological polar surface area (TPSA) is 59.6 Å². The van der Waals surface area contributed by atoms with Gasteiger partial charge in [-0.2, -0.15) is 0 Å². The molecule has 0 saturated heterocycles. The number of rotatable bonds is 6. The Hall–Kier alpha value is -2.95. The van der Waals surface area contributed by atoms with Gasteiger partial charge in [-0.15, -0.1) is 0 Å². The molecule has 1 aliphatic heterocycles. The summed E-state index contributed by atoms with van der Waals surface area (Å²) in [6, 6.07) is 17.2. The number of carbonyl (C=O) groups excluding carboxylic acids is 1. The number of nitrogens with zero attached hydrogens (tertiary/aromatic N) is 4. The zero-order valence-corrected chi connectivity index (χ0v) is 26.8. The fourth-order valence-electron chi connectivity index (χ4n) is 5.30. The van der Waals surface area contributed by atoms with Gasteiger partial charge in [0.15, 0.2) is 4.80 Å². The van der Waals surface area contributed by atoms with Crippen LogP contribution in [-0.2, 0) is 4.79 Å². The summed E-state index contributed by atoms with van der Waals surface area (Å²) in [5.74, 6) is -0.110. The number of thiazole rings is 1. The number of benzene rings is 2. The standard InChI is InChI=1S/C31H30ClIN4O2S/c1-6-35(7-2)30(39)27-19(4)34-31-37(28(27)21-8-10-23(32)11-9-21)29(38)26(40-31)17-22-16-18(3)36(20(22)5)25-14-12-24(33)13-15-25/h8-17,28H,6-7H2,1-5H3/b26-17+/t28-/m1/s1. The Morgan fingerprint density at radius 1 is 1.07 bits per heavy atom. The summed E-state index contributed by atoms with van der Waals surface area (Å²) in [7, 11) is 0. The molecule has 0 N–H and O–H groups in total. The number of hydrogen-bond acceptors (Lipinski definition) is 4. The van der Waals surface area contributed by atoms with Gasteiger partial charge in [0.25, 0.3) is 11.5 Å². The largest absolute Gasteiger partial charge is 0.339 e. The van der Waals surface area contributed by atoms with Crippen molar-refractivity contribution in [2.24, 2.45) is 4.99 Å². The fraction of sp³-hybridized carbons (Fsp3) is 0.258. The van der Waals surface area contributed by atoms with E-state index in [0.29, 0.717) is 38.7 Å². The van der Waals surface area contributed by atoms with Crippen LogP contribution in [0.2, 0.25) is 5.02 Å². The molecule has 2 aromatic heterocycles. The van der Waals surface area contributed by atoms with Crippen LogP contribution in [0, 0.1) is 17.4 Å². The molecule has 0 aliphatic carbocycles. The van der Waals surface area contributed by atoms with Gasteiger partial charge in [0.05, 0.1) is 21.8 Å². The van der Waals surface area contributed by atoms with E-state index in [1.807, 2.05) is 39.0 Å². The number of allylic oxidation sites excluding steroid dienone is 1. The number of halogens is 2. The van der Waals surface area contributed by atoms with Gasteiger partial charge in [0, 0.05) is 38.8 Å². The van der Waals surface area contributed by atoms with Crippen LogP contribution in [0.25, 0.3) is 11.8 Å². The summed E-state index contributed by atoms with van der Waals surface area (Å²) in [4.78, 5) is 34.9. The van der Waals surface area contributed by atoms with Gasteiger partial charge in [-0.25, -0.2) is 4.99 Å². The number of fused-ring (bicyclic) bond motifs is 1. The summed E-state index contributed by atoms with van der Waals surface area (Å²) < 4.78 is 5.61. The number of likely N-dealkylation sites (N-methyl/N-ethyl adjacent to an activating group) is 1. The average Bonchev–Trinajstić information content (AvgIpc) is 3.39. The van der Waals surface area contributed by atoms with Crippen molar-refractivity contribution in [2.75, 3.05) is 13.1 Å². The van der Waals surface area contributed by atoms with Gasteiger partial charge >= 0.3 is 0 Å². The fourth-order valence-corrected chi connectivity index (χ4v) is 6.82. The van der Waals surface area contributed by atoms with E-state index in [4.69, 9.17) is 16.6 Å². The van der Waals surface area contributed by atoms with Crippen LogP contribution in [-0.4, -0.2) is 33.0 Å². The highest BCUT2D eigenvalue weighted by Crippen LogP contribution is 2.32. The first-order chi connectivity index (χ1) is 19.1. The molecule has 2 aromatic carbocycles. The maximum Gasteiger partial charge on any atom is 0.271 e. The number of aromatic nitrogens is 2. The average molecular weight is 685 g/mol. The molecule has 9 heteroatoms. The second kappa shape index (κ2) is 11.5. The normalized spacial score (nSPS) is 15.3. The molecule has 1 amide bonds. The maximum atomic E-state index is 14.1. The lowest BCUT2D eigenvalue weighted by atomic mass is 9.94. The van der Waals surface area contributed by atoms with Crippen molar-refractivity contribution in [3.05, 3.63) is 117 Å². The molecule has 1 aliphatic rings. The number of hydrogen-bond donors (Lipinski definition) is 0. The lowest BCUT2D eigenvalue weighted by Gasteiger charge is -2.29. The van der Waals surface area contributed by atoms with E-state index in [1.54, 1.807) is 21.6 Å². The Morgan fingerprint density at radius 3 is 2.35 bits per heavy atom. The summed E-state index contributed by atoms with van der Waals surface area (Å²) in [5, 5.41) is 0.594. The summed E-state index contributed by atoms with van der Waals surface area (Å²) >= 11 is 9.85. The highest BCUT2D eigenvalue weighted by molar-refractivity contribution is 14.1. The van der Waals surface area contributed by atoms with Crippen molar-refractivity contribution in [3.63, 3.8) is 0 Å². The maximum absolute atomic E-state index is 14.1. The SMILES string of the molecule is CCN(CC)C(=O)C1=C(C)N=c2s/c(=C/c3cc(C)n(-c4ccc(I)cc4)c3C)c(=O)n2[C@@H]1c1ccc(Cl)cc1. The van der Waals surface area contributed by atoms with Crippen molar-refractivity contribution in [1.82, 2.24) is 14.0 Å². The van der Waals surface area contributed by atoms with E-state index in [1.165, 1.54) is 14.9 Å². The molecule has 3 heterocycles. The zero-order chi connectivity index (χ0) is 28.7. The lowest BCUT2D eigenvalue weighted by molar-refractivity contribution is -0.127. The van der Waals surface area contributed by atoms with Gasteiger partial charge in [-0.05, 0) is 117 Å². The predicted molar refractivity (Wildman–Crippen MR) is 171 cm³/mol. The molecule has 0 bridgehead atoms. The first-order valence-corrected chi connectivity index (χ1v) is 15.4. The van der Waals surface area contributed by atoms with Crippen LogP contribution in [0.1, 0.15) is 49.3 Å². The first kappa shape index (κ1) is 28.6. The summed E-state index contributed by atoms with van der Waals surface area (Å²) in [6.07, 6.45) is 1.94. The van der Waals surface area contributed by atoms with E-state index < -0.39 is 6.04 Å². The minimum Gasteiger partial charge on any atom is -0.339 e. The van der Waals surface area contributed by atoms with Crippen LogP contribution in [0.5, 0.6) is 0 Å². The Bertz CT molecular complexity index is 1810. The third kappa shape index (κ3) is 5.12. The van der Waals surface area contributed by atoms with Crippen molar-refractivity contribution >= 4 is 57.5 Å². The van der Waals surface area contributed by atoms with Gasteiger partial charge in [0.2, 0.25) is 0 Å². The van der Waals surface area contributed by atoms with E-state index >= 15 is 0 Å². The number of aryl methyl sites for hydroxylation is 1. The van der Waals surface area contributed by atoms with Crippen molar-refractivity contribution in [2.45, 2.75) is 40.7 Å². The molecule has 5 rings (SSSR count). The molecule has 0 radical (unpaired) electrons. The van der Waals surface area contributed by atoms with Crippen LogP contribution < -0.4 is 14.9 Å². The van der Waals surface area contributed by atoms with E-state index in [0.717, 1.165) is 28.2 Å². The molecular weight excluding hydrogens is 655 g/mol. The monoisotopic (exact) mass is 684 g/mol. The lowest BCUT2D eigenvalue weighted by Crippen LogP contribution is -2.43. The molecule has 0 unspecified atom stereocenters. The third-order valence-corrected chi connectivity index (χ3v) is 9.28. The van der Waals surface area contributed by atoms with Crippen LogP contribution in [0.15, 0.2) is 75.7 Å². The Kier molecular flexibility index (Phi) is 8.22. The molecule has 0 saturated carbocycles. The van der Waals surface area contributed by atoms with E-state index in [-0.39, 0.29) is 11.5 Å². The highest BCUT2D eigenvalue weighted by atomic mass is 127. The second-order valence-electron chi connectivity index (χ2n) is 9.75. The zero-order valence-electron chi connectivity index (χ0n) is 23.0. The van der Waals surface area contributed by atoms with Crippen LogP contribution in [0.4, 0.5) is 0 Å². The Balaban J connectivity index is 1.69. The predicted octanol–water partition coefficient (Wildman–Crippen LogP) is 5.77. The minimum atomic E-state index is -0.594. The molecule has 4 aromatic rings.